The van der Waals surface area contributed by atoms with Crippen molar-refractivity contribution in [2.45, 2.75) is 17.7 Å². The van der Waals surface area contributed by atoms with E-state index in [9.17, 15) is 0 Å². The topological polar surface area (TPSA) is 38.5 Å². The van der Waals surface area contributed by atoms with Crippen LogP contribution in [0.25, 0.3) is 0 Å². The molecule has 1 aliphatic rings. The third-order valence-electron chi connectivity index (χ3n) is 3.70. The van der Waals surface area contributed by atoms with Crippen LogP contribution in [0.4, 0.5) is 0 Å². The minimum absolute atomic E-state index is 0.689. The van der Waals surface area contributed by atoms with Gasteiger partial charge in [0.15, 0.2) is 0 Å². The van der Waals surface area contributed by atoms with Gasteiger partial charge in [0.2, 0.25) is 0 Å². The van der Waals surface area contributed by atoms with Crippen molar-refractivity contribution in [3.05, 3.63) is 24.3 Å². The molecule has 2 N–H and O–H groups in total. The zero-order valence-corrected chi connectivity index (χ0v) is 12.5. The molecule has 1 aromatic carbocycles. The van der Waals surface area contributed by atoms with Gasteiger partial charge in [-0.3, -0.25) is 0 Å². The second-order valence-corrected chi connectivity index (χ2v) is 5.94. The van der Waals surface area contributed by atoms with Gasteiger partial charge in [-0.15, -0.1) is 11.8 Å². The summed E-state index contributed by atoms with van der Waals surface area (Å²) in [5, 5.41) is 0. The SMILES string of the molecule is CSc1ccc(OCC2CCN(CCN)CC2)cc1. The highest BCUT2D eigenvalue weighted by Gasteiger charge is 2.18. The minimum Gasteiger partial charge on any atom is -0.493 e. The van der Waals surface area contributed by atoms with Crippen LogP contribution in [0.3, 0.4) is 0 Å². The Kier molecular flexibility index (Phi) is 6.01. The van der Waals surface area contributed by atoms with Crippen LogP contribution < -0.4 is 10.5 Å². The first-order valence-electron chi connectivity index (χ1n) is 7.01. The first-order chi connectivity index (χ1) is 9.31. The second-order valence-electron chi connectivity index (χ2n) is 5.06. The van der Waals surface area contributed by atoms with E-state index in [1.807, 2.05) is 0 Å². The largest absolute Gasteiger partial charge is 0.493 e. The van der Waals surface area contributed by atoms with Crippen LogP contribution >= 0.6 is 11.8 Å². The fraction of sp³-hybridized carbons (Fsp3) is 0.600. The van der Waals surface area contributed by atoms with E-state index in [4.69, 9.17) is 10.5 Å². The number of hydrogen-bond donors (Lipinski definition) is 1. The molecule has 1 heterocycles. The lowest BCUT2D eigenvalue weighted by Crippen LogP contribution is -2.38. The molecule has 0 spiro atoms. The summed E-state index contributed by atoms with van der Waals surface area (Å²) in [6.45, 7) is 4.97. The van der Waals surface area contributed by atoms with Crippen molar-refractivity contribution >= 4 is 11.8 Å². The van der Waals surface area contributed by atoms with Crippen molar-refractivity contribution in [3.8, 4) is 5.75 Å². The molecule has 0 aliphatic carbocycles. The summed E-state index contributed by atoms with van der Waals surface area (Å²) in [6.07, 6.45) is 4.54. The molecule has 19 heavy (non-hydrogen) atoms. The van der Waals surface area contributed by atoms with Gasteiger partial charge in [-0.1, -0.05) is 0 Å². The van der Waals surface area contributed by atoms with Crippen molar-refractivity contribution in [2.75, 3.05) is 39.0 Å². The minimum atomic E-state index is 0.689. The summed E-state index contributed by atoms with van der Waals surface area (Å²) < 4.78 is 5.89. The van der Waals surface area contributed by atoms with Gasteiger partial charge in [-0.05, 0) is 62.4 Å². The van der Waals surface area contributed by atoms with Gasteiger partial charge in [0.05, 0.1) is 6.61 Å². The lowest BCUT2D eigenvalue weighted by atomic mass is 9.98. The number of nitrogens with two attached hydrogens (primary N) is 1. The van der Waals surface area contributed by atoms with Crippen LogP contribution in [-0.4, -0.2) is 43.9 Å². The molecular weight excluding hydrogens is 256 g/mol. The quantitative estimate of drug-likeness (QED) is 0.812. The maximum atomic E-state index is 5.89. The molecule has 0 radical (unpaired) electrons. The molecular formula is C15H24N2OS. The number of ether oxygens (including phenoxy) is 1. The Morgan fingerprint density at radius 2 is 1.95 bits per heavy atom. The Hall–Kier alpha value is -0.710. The fourth-order valence-electron chi connectivity index (χ4n) is 2.45. The van der Waals surface area contributed by atoms with E-state index in [1.54, 1.807) is 11.8 Å². The molecule has 1 aliphatic heterocycles. The summed E-state index contributed by atoms with van der Waals surface area (Å²) in [5.74, 6) is 1.68. The molecule has 1 fully saturated rings. The van der Waals surface area contributed by atoms with Crippen LogP contribution in [0.15, 0.2) is 29.2 Å². The first kappa shape index (κ1) is 14.7. The normalized spacial score (nSPS) is 17.6. The van der Waals surface area contributed by atoms with Crippen LogP contribution in [0, 0.1) is 5.92 Å². The maximum absolute atomic E-state index is 5.89. The van der Waals surface area contributed by atoms with Gasteiger partial charge >= 0.3 is 0 Å². The number of nitrogens with zero attached hydrogens (tertiary/aromatic N) is 1. The van der Waals surface area contributed by atoms with E-state index >= 15 is 0 Å². The smallest absolute Gasteiger partial charge is 0.119 e. The lowest BCUT2D eigenvalue weighted by Gasteiger charge is -2.31. The Morgan fingerprint density at radius 1 is 1.26 bits per heavy atom. The molecule has 0 atom stereocenters. The highest BCUT2D eigenvalue weighted by Crippen LogP contribution is 2.21. The zero-order valence-electron chi connectivity index (χ0n) is 11.7. The predicted molar refractivity (Wildman–Crippen MR) is 81.9 cm³/mol. The van der Waals surface area contributed by atoms with Crippen molar-refractivity contribution in [3.63, 3.8) is 0 Å². The van der Waals surface area contributed by atoms with Crippen LogP contribution in [-0.2, 0) is 0 Å². The summed E-state index contributed by atoms with van der Waals surface area (Å²) in [6, 6.07) is 8.36. The highest BCUT2D eigenvalue weighted by molar-refractivity contribution is 7.98. The maximum Gasteiger partial charge on any atom is 0.119 e. The Labute approximate surface area is 120 Å². The van der Waals surface area contributed by atoms with E-state index in [1.165, 1.54) is 17.7 Å². The van der Waals surface area contributed by atoms with E-state index in [2.05, 4.69) is 35.4 Å². The fourth-order valence-corrected chi connectivity index (χ4v) is 2.85. The monoisotopic (exact) mass is 280 g/mol. The molecule has 0 aromatic heterocycles. The number of thioether (sulfide) groups is 1. The average molecular weight is 280 g/mol. The number of rotatable bonds is 6. The van der Waals surface area contributed by atoms with Gasteiger partial charge in [0.1, 0.15) is 5.75 Å². The molecule has 4 heteroatoms. The average Bonchev–Trinajstić information content (AvgIpc) is 2.47. The molecule has 0 bridgehead atoms. The molecule has 0 saturated carbocycles. The third kappa shape index (κ3) is 4.71. The molecule has 106 valence electrons. The van der Waals surface area contributed by atoms with Gasteiger partial charge < -0.3 is 15.4 Å². The van der Waals surface area contributed by atoms with Crippen molar-refractivity contribution in [1.29, 1.82) is 0 Å². The zero-order chi connectivity index (χ0) is 13.5. The molecule has 0 amide bonds. The number of hydrogen-bond acceptors (Lipinski definition) is 4. The predicted octanol–water partition coefficient (Wildman–Crippen LogP) is 2.46. The van der Waals surface area contributed by atoms with Crippen molar-refractivity contribution in [2.24, 2.45) is 11.7 Å². The van der Waals surface area contributed by atoms with E-state index in [-0.39, 0.29) is 0 Å². The molecule has 3 nitrogen and oxygen atoms in total. The Morgan fingerprint density at radius 3 is 2.53 bits per heavy atom. The number of benzene rings is 1. The summed E-state index contributed by atoms with van der Waals surface area (Å²) in [4.78, 5) is 3.73. The highest BCUT2D eigenvalue weighted by atomic mass is 32.2. The van der Waals surface area contributed by atoms with Gasteiger partial charge in [0, 0.05) is 18.0 Å². The Balaban J connectivity index is 1.71. The second kappa shape index (κ2) is 7.78. The Bertz CT molecular complexity index is 361. The van der Waals surface area contributed by atoms with Gasteiger partial charge in [-0.2, -0.15) is 0 Å². The summed E-state index contributed by atoms with van der Waals surface area (Å²) >= 11 is 1.76. The van der Waals surface area contributed by atoms with Crippen LogP contribution in [0.2, 0.25) is 0 Å². The van der Waals surface area contributed by atoms with Crippen LogP contribution in [0.5, 0.6) is 5.75 Å². The van der Waals surface area contributed by atoms with E-state index < -0.39 is 0 Å². The standard InChI is InChI=1S/C15H24N2OS/c1-19-15-4-2-14(3-5-15)18-12-13-6-9-17(10-7-13)11-8-16/h2-5,13H,6-12,16H2,1H3. The molecule has 1 saturated heterocycles. The van der Waals surface area contributed by atoms with Crippen LogP contribution in [0.1, 0.15) is 12.8 Å². The first-order valence-corrected chi connectivity index (χ1v) is 8.23. The lowest BCUT2D eigenvalue weighted by molar-refractivity contribution is 0.144. The van der Waals surface area contributed by atoms with Gasteiger partial charge in [-0.25, -0.2) is 0 Å². The van der Waals surface area contributed by atoms with Crippen molar-refractivity contribution in [1.82, 2.24) is 4.90 Å². The van der Waals surface area contributed by atoms with E-state index in [0.717, 1.165) is 38.5 Å². The third-order valence-corrected chi connectivity index (χ3v) is 4.44. The van der Waals surface area contributed by atoms with E-state index in [0.29, 0.717) is 5.92 Å². The molecule has 1 aromatic rings. The van der Waals surface area contributed by atoms with Gasteiger partial charge in [0.25, 0.3) is 0 Å². The number of likely N-dealkylation sites (tertiary alicyclic amines) is 1. The van der Waals surface area contributed by atoms with Crippen molar-refractivity contribution < 1.29 is 4.74 Å². The molecule has 0 unspecified atom stereocenters. The number of piperidine rings is 1. The molecule has 2 rings (SSSR count). The summed E-state index contributed by atoms with van der Waals surface area (Å²) in [5.41, 5.74) is 5.58. The summed E-state index contributed by atoms with van der Waals surface area (Å²) in [7, 11) is 0.